The summed E-state index contributed by atoms with van der Waals surface area (Å²) in [5, 5.41) is 9.47. The van der Waals surface area contributed by atoms with Gasteiger partial charge in [0.2, 0.25) is 5.95 Å². The van der Waals surface area contributed by atoms with E-state index in [0.29, 0.717) is 5.39 Å². The van der Waals surface area contributed by atoms with Gasteiger partial charge < -0.3 is 9.84 Å². The molecule has 0 aliphatic rings. The third kappa shape index (κ3) is 2.24. The van der Waals surface area contributed by atoms with Crippen molar-refractivity contribution in [3.63, 3.8) is 0 Å². The zero-order valence-electron chi connectivity index (χ0n) is 8.89. The van der Waals surface area contributed by atoms with E-state index in [9.17, 15) is 9.18 Å². The van der Waals surface area contributed by atoms with Crippen molar-refractivity contribution in [1.82, 2.24) is 8.96 Å². The molecule has 0 atom stereocenters. The molecule has 6 nitrogen and oxygen atoms in total. The van der Waals surface area contributed by atoms with E-state index in [2.05, 4.69) is 4.98 Å². The van der Waals surface area contributed by atoms with Crippen LogP contribution in [-0.2, 0) is 2.51 Å². The number of nitrogens with zero attached hydrogens (tertiary/aromatic N) is 2. The number of aromatic nitrogens is 2. The Morgan fingerprint density at radius 3 is 2.89 bits per heavy atom. The molecule has 0 fully saturated rings. The van der Waals surface area contributed by atoms with Crippen molar-refractivity contribution in [1.29, 1.82) is 0 Å². The number of ether oxygens (including phenoxy) is 1. The van der Waals surface area contributed by atoms with Crippen LogP contribution in [0.4, 0.5) is 4.39 Å². The van der Waals surface area contributed by atoms with E-state index in [4.69, 9.17) is 12.4 Å². The summed E-state index contributed by atoms with van der Waals surface area (Å²) in [6, 6.07) is 2.44. The Hall–Kier alpha value is -1.07. The summed E-state index contributed by atoms with van der Waals surface area (Å²) in [5.41, 5.74) is 0.0500. The molecule has 1 N–H and O–H groups in total. The van der Waals surface area contributed by atoms with Crippen molar-refractivity contribution >= 4 is 52.2 Å². The van der Waals surface area contributed by atoms with Crippen LogP contribution < -0.4 is 4.74 Å². The normalized spacial score (nSPS) is 10.8. The third-order valence-electron chi connectivity index (χ3n) is 2.20. The van der Waals surface area contributed by atoms with Gasteiger partial charge in [-0.15, -0.1) is 0 Å². The summed E-state index contributed by atoms with van der Waals surface area (Å²) in [5.74, 6) is -1.71. The van der Waals surface area contributed by atoms with Crippen LogP contribution in [0, 0.1) is 5.95 Å². The Labute approximate surface area is 119 Å². The number of carboxylic acids is 1. The van der Waals surface area contributed by atoms with Gasteiger partial charge in [-0.05, 0) is 6.07 Å². The molecule has 9 heteroatoms. The van der Waals surface area contributed by atoms with E-state index in [-0.39, 0.29) is 17.1 Å². The zero-order valence-corrected chi connectivity index (χ0v) is 11.9. The summed E-state index contributed by atoms with van der Waals surface area (Å²) < 4.78 is 24.3. The van der Waals surface area contributed by atoms with Gasteiger partial charge in [0.15, 0.2) is 5.65 Å². The number of aromatic carboxylic acids is 1. The Bertz CT molecular complexity index is 618. The van der Waals surface area contributed by atoms with Gasteiger partial charge in [-0.1, -0.05) is 0 Å². The predicted octanol–water partition coefficient (Wildman–Crippen LogP) is 2.66. The van der Waals surface area contributed by atoms with Gasteiger partial charge in [-0.3, -0.25) is 0 Å². The molecule has 0 aromatic carbocycles. The Morgan fingerprint density at radius 2 is 2.33 bits per heavy atom. The maximum atomic E-state index is 13.3. The zero-order chi connectivity index (χ0) is 13.3. The molecule has 2 heterocycles. The lowest BCUT2D eigenvalue weighted by molar-refractivity contribution is 0.0690. The molecule has 2 rings (SSSR count). The fourth-order valence-electron chi connectivity index (χ4n) is 1.51. The van der Waals surface area contributed by atoms with Gasteiger partial charge in [-0.25, -0.2) is 16.3 Å². The summed E-state index contributed by atoms with van der Waals surface area (Å²) in [6.45, 7) is 0. The molecular weight excluding hydrogens is 378 g/mol. The summed E-state index contributed by atoms with van der Waals surface area (Å²) in [4.78, 5) is 14.8. The van der Waals surface area contributed by atoms with Crippen LogP contribution in [0.15, 0.2) is 12.1 Å². The lowest BCUT2D eigenvalue weighted by atomic mass is 10.3. The predicted molar refractivity (Wildman–Crippen MR) is 71.3 cm³/mol. The molecule has 0 saturated heterocycles. The summed E-state index contributed by atoms with van der Waals surface area (Å²) in [7, 11) is 1.37. The van der Waals surface area contributed by atoms with E-state index >= 15 is 0 Å². The van der Waals surface area contributed by atoms with Crippen molar-refractivity contribution in [2.75, 3.05) is 7.11 Å². The number of pyridine rings is 1. The molecular formula is C9H6FIN2O4S. The summed E-state index contributed by atoms with van der Waals surface area (Å²) >= 11 is 2.32. The molecule has 96 valence electrons. The fourth-order valence-corrected chi connectivity index (χ4v) is 2.47. The number of rotatable bonds is 4. The number of halogens is 2. The highest BCUT2D eigenvalue weighted by Crippen LogP contribution is 2.31. The van der Waals surface area contributed by atoms with Crippen molar-refractivity contribution in [3.05, 3.63) is 23.8 Å². The molecule has 2 aromatic heterocycles. The Morgan fingerprint density at radius 1 is 1.61 bits per heavy atom. The summed E-state index contributed by atoms with van der Waals surface area (Å²) in [6.07, 6.45) is 0. The lowest BCUT2D eigenvalue weighted by Gasteiger charge is -2.04. The van der Waals surface area contributed by atoms with E-state index in [1.54, 1.807) is 23.0 Å². The van der Waals surface area contributed by atoms with E-state index in [1.807, 2.05) is 0 Å². The topological polar surface area (TPSA) is 73.6 Å². The van der Waals surface area contributed by atoms with E-state index in [0.717, 1.165) is 18.3 Å². The number of hydrogen-bond acceptors (Lipinski definition) is 5. The van der Waals surface area contributed by atoms with Gasteiger partial charge in [-0.2, -0.15) is 4.39 Å². The number of carboxylic acid groups (broad SMARTS) is 1. The molecule has 0 saturated carbocycles. The quantitative estimate of drug-likeness (QED) is 0.497. The van der Waals surface area contributed by atoms with Crippen LogP contribution in [0.1, 0.15) is 10.5 Å². The first-order valence-corrected chi connectivity index (χ1v) is 6.11. The Kier molecular flexibility index (Phi) is 3.92. The highest BCUT2D eigenvalue weighted by atomic mass is 127. The molecule has 0 aliphatic heterocycles. The second-order valence-electron chi connectivity index (χ2n) is 3.15. The monoisotopic (exact) mass is 384 g/mol. The number of methoxy groups -OCH3 is 1. The average Bonchev–Trinajstić information content (AvgIpc) is 2.68. The second-order valence-corrected chi connectivity index (χ2v) is 4.87. The minimum atomic E-state index is -1.17. The molecule has 0 spiro atoms. The first-order chi connectivity index (χ1) is 8.58. The molecule has 0 radical (unpaired) electrons. The van der Waals surface area contributed by atoms with Crippen LogP contribution in [0.25, 0.3) is 11.0 Å². The average molecular weight is 384 g/mol. The minimum absolute atomic E-state index is 0.0805. The highest BCUT2D eigenvalue weighted by molar-refractivity contribution is 14.1. The Balaban J connectivity index is 2.79. The van der Waals surface area contributed by atoms with Crippen molar-refractivity contribution in [2.24, 2.45) is 0 Å². The number of carbonyl (C=O) groups is 1. The number of hydrogen-bond donors (Lipinski definition) is 1. The molecule has 0 amide bonds. The van der Waals surface area contributed by atoms with Crippen LogP contribution in [0.2, 0.25) is 0 Å². The van der Waals surface area contributed by atoms with Gasteiger partial charge in [0.25, 0.3) is 0 Å². The van der Waals surface area contributed by atoms with Crippen LogP contribution in [0.3, 0.4) is 0 Å². The van der Waals surface area contributed by atoms with Crippen LogP contribution in [-0.4, -0.2) is 27.1 Å². The van der Waals surface area contributed by atoms with Crippen molar-refractivity contribution in [3.8, 4) is 5.75 Å². The maximum Gasteiger partial charge on any atom is 0.353 e. The van der Waals surface area contributed by atoms with Gasteiger partial charge >= 0.3 is 5.97 Å². The molecule has 0 aliphatic carbocycles. The molecule has 0 bridgehead atoms. The fraction of sp³-hybridized carbons (Fsp3) is 0.111. The lowest BCUT2D eigenvalue weighted by Crippen LogP contribution is -2.03. The SMILES string of the molecule is COc1cc(F)nc2c1cc(C(=O)O)n2SOI. The maximum absolute atomic E-state index is 13.3. The molecule has 18 heavy (non-hydrogen) atoms. The first kappa shape index (κ1) is 13.4. The second kappa shape index (κ2) is 5.28. The van der Waals surface area contributed by atoms with Gasteiger partial charge in [0.1, 0.15) is 46.7 Å². The standard InChI is InChI=1S/C9H6FIN2O4S/c1-16-6-3-7(10)12-8-4(6)2-5(9(14)15)13(8)18-17-11/h2-3H,1H3,(H,14,15). The van der Waals surface area contributed by atoms with E-state index in [1.165, 1.54) is 17.1 Å². The first-order valence-electron chi connectivity index (χ1n) is 4.53. The molecule has 2 aromatic rings. The minimum Gasteiger partial charge on any atom is -0.496 e. The van der Waals surface area contributed by atoms with Crippen molar-refractivity contribution in [2.45, 2.75) is 0 Å². The largest absolute Gasteiger partial charge is 0.496 e. The third-order valence-corrected chi connectivity index (χ3v) is 3.26. The molecule has 0 unspecified atom stereocenters. The van der Waals surface area contributed by atoms with Crippen LogP contribution in [0.5, 0.6) is 5.75 Å². The van der Waals surface area contributed by atoms with Gasteiger partial charge in [0, 0.05) is 6.07 Å². The van der Waals surface area contributed by atoms with E-state index < -0.39 is 11.9 Å². The highest BCUT2D eigenvalue weighted by Gasteiger charge is 2.20. The van der Waals surface area contributed by atoms with Crippen LogP contribution >= 0.6 is 35.2 Å². The van der Waals surface area contributed by atoms with Gasteiger partial charge in [0.05, 0.1) is 12.5 Å². The number of fused-ring (bicyclic) bond motifs is 1. The van der Waals surface area contributed by atoms with Crippen molar-refractivity contribution < 1.29 is 21.5 Å². The smallest absolute Gasteiger partial charge is 0.353 e.